The molecular formula is C16H19BN4O. The van der Waals surface area contributed by atoms with Crippen molar-refractivity contribution in [3.63, 3.8) is 0 Å². The Morgan fingerprint density at radius 3 is 3.05 bits per heavy atom. The molecule has 2 aromatic rings. The van der Waals surface area contributed by atoms with Crippen LogP contribution in [0.15, 0.2) is 54.9 Å². The highest BCUT2D eigenvalue weighted by molar-refractivity contribution is 6.10. The van der Waals surface area contributed by atoms with Gasteiger partial charge in [-0.15, -0.1) is 0 Å². The third-order valence-corrected chi connectivity index (χ3v) is 3.19. The fourth-order valence-electron chi connectivity index (χ4n) is 2.14. The van der Waals surface area contributed by atoms with Crippen molar-refractivity contribution in [2.24, 2.45) is 0 Å². The Morgan fingerprint density at radius 1 is 1.50 bits per heavy atom. The number of amides is 1. The van der Waals surface area contributed by atoms with Gasteiger partial charge < -0.3 is 9.79 Å². The molecule has 0 saturated carbocycles. The van der Waals surface area contributed by atoms with Crippen molar-refractivity contribution in [2.75, 3.05) is 5.32 Å². The molecule has 0 aliphatic carbocycles. The topological polar surface area (TPSA) is 59.8 Å². The largest absolute Gasteiger partial charge is 0.383 e. The average molecular weight is 294 g/mol. The van der Waals surface area contributed by atoms with Crippen molar-refractivity contribution in [1.29, 1.82) is 0 Å². The Labute approximate surface area is 130 Å². The molecule has 0 saturated heterocycles. The Balaban J connectivity index is 1.98. The second-order valence-electron chi connectivity index (χ2n) is 4.92. The summed E-state index contributed by atoms with van der Waals surface area (Å²) < 4.78 is 1.89. The monoisotopic (exact) mass is 294 g/mol. The Hall–Kier alpha value is -2.63. The van der Waals surface area contributed by atoms with Gasteiger partial charge in [-0.1, -0.05) is 30.9 Å². The van der Waals surface area contributed by atoms with Gasteiger partial charge in [0.1, 0.15) is 11.2 Å². The lowest BCUT2D eigenvalue weighted by atomic mass is 10.1. The van der Waals surface area contributed by atoms with Gasteiger partial charge in [-0.25, -0.2) is 9.97 Å². The molecule has 6 heteroatoms. The second kappa shape index (κ2) is 7.40. The number of nitrogens with one attached hydrogen (secondary N) is 1. The summed E-state index contributed by atoms with van der Waals surface area (Å²) in [6.07, 6.45) is 12.1. The number of anilines is 1. The van der Waals surface area contributed by atoms with E-state index in [1.54, 1.807) is 12.3 Å². The fourth-order valence-corrected chi connectivity index (χ4v) is 2.14. The first-order valence-electron chi connectivity index (χ1n) is 7.16. The minimum atomic E-state index is -0.0796. The molecule has 0 aliphatic heterocycles. The number of carbonyl (C=O) groups is 1. The van der Waals surface area contributed by atoms with E-state index in [0.29, 0.717) is 18.7 Å². The van der Waals surface area contributed by atoms with E-state index in [2.05, 4.69) is 21.9 Å². The van der Waals surface area contributed by atoms with Crippen molar-refractivity contribution >= 4 is 30.9 Å². The summed E-state index contributed by atoms with van der Waals surface area (Å²) in [5.74, 6) is 0.396. The van der Waals surface area contributed by atoms with E-state index in [-0.39, 0.29) is 5.91 Å². The lowest BCUT2D eigenvalue weighted by Crippen LogP contribution is -2.12. The minimum absolute atomic E-state index is 0.0796. The molecule has 0 aliphatic rings. The van der Waals surface area contributed by atoms with E-state index in [0.717, 1.165) is 16.7 Å². The lowest BCUT2D eigenvalue weighted by molar-refractivity contribution is -0.116. The number of hydrogen-bond donors (Lipinski definition) is 1. The smallest absolute Gasteiger partial charge is 0.225 e. The van der Waals surface area contributed by atoms with E-state index < -0.39 is 0 Å². The molecule has 0 spiro atoms. The van der Waals surface area contributed by atoms with Crippen LogP contribution in [0.1, 0.15) is 19.8 Å². The highest BCUT2D eigenvalue weighted by Gasteiger charge is 2.07. The van der Waals surface area contributed by atoms with Crippen LogP contribution >= 0.6 is 0 Å². The van der Waals surface area contributed by atoms with Crippen molar-refractivity contribution in [3.8, 4) is 0 Å². The van der Waals surface area contributed by atoms with Crippen LogP contribution in [-0.2, 0) is 4.79 Å². The van der Waals surface area contributed by atoms with Gasteiger partial charge in [0.15, 0.2) is 5.82 Å². The SMILES string of the molecule is Bn1ccc2nc(NC(=O)CCC(/C=C\C)=C/C=C)cnc21. The Bertz CT molecular complexity index is 746. The van der Waals surface area contributed by atoms with E-state index in [9.17, 15) is 4.79 Å². The molecule has 112 valence electrons. The van der Waals surface area contributed by atoms with E-state index in [1.807, 2.05) is 49.9 Å². The summed E-state index contributed by atoms with van der Waals surface area (Å²) in [5, 5.41) is 2.78. The summed E-state index contributed by atoms with van der Waals surface area (Å²) >= 11 is 0. The number of nitrogens with zero attached hydrogens (tertiary/aromatic N) is 3. The lowest BCUT2D eigenvalue weighted by Gasteiger charge is -2.05. The maximum absolute atomic E-state index is 12.0. The van der Waals surface area contributed by atoms with Crippen LogP contribution in [0.4, 0.5) is 5.82 Å². The van der Waals surface area contributed by atoms with Gasteiger partial charge in [-0.05, 0) is 31.2 Å². The van der Waals surface area contributed by atoms with Crippen molar-refractivity contribution in [2.45, 2.75) is 19.8 Å². The van der Waals surface area contributed by atoms with E-state index in [4.69, 9.17) is 0 Å². The summed E-state index contributed by atoms with van der Waals surface area (Å²) in [5.41, 5.74) is 2.63. The molecule has 0 bridgehead atoms. The van der Waals surface area contributed by atoms with Crippen molar-refractivity contribution in [3.05, 3.63) is 54.9 Å². The van der Waals surface area contributed by atoms with Crippen LogP contribution in [0.5, 0.6) is 0 Å². The molecule has 2 rings (SSSR count). The molecule has 2 heterocycles. The summed E-state index contributed by atoms with van der Waals surface area (Å²) in [4.78, 5) is 20.7. The number of allylic oxidation sites excluding steroid dienone is 5. The molecule has 0 atom stereocenters. The third kappa shape index (κ3) is 3.94. The van der Waals surface area contributed by atoms with Crippen LogP contribution in [0.25, 0.3) is 11.2 Å². The van der Waals surface area contributed by atoms with Crippen LogP contribution in [0.2, 0.25) is 0 Å². The zero-order valence-corrected chi connectivity index (χ0v) is 12.9. The molecule has 1 N–H and O–H groups in total. The van der Waals surface area contributed by atoms with Gasteiger partial charge in [-0.3, -0.25) is 4.79 Å². The van der Waals surface area contributed by atoms with Crippen molar-refractivity contribution < 1.29 is 4.79 Å². The molecular weight excluding hydrogens is 275 g/mol. The first-order chi connectivity index (χ1) is 10.6. The predicted molar refractivity (Wildman–Crippen MR) is 92.4 cm³/mol. The summed E-state index contributed by atoms with van der Waals surface area (Å²) in [7, 11) is 1.91. The minimum Gasteiger partial charge on any atom is -0.383 e. The van der Waals surface area contributed by atoms with E-state index >= 15 is 0 Å². The van der Waals surface area contributed by atoms with Crippen LogP contribution < -0.4 is 5.32 Å². The van der Waals surface area contributed by atoms with Crippen LogP contribution in [0.3, 0.4) is 0 Å². The molecule has 0 fully saturated rings. The third-order valence-electron chi connectivity index (χ3n) is 3.19. The summed E-state index contributed by atoms with van der Waals surface area (Å²) in [6, 6.07) is 1.87. The van der Waals surface area contributed by atoms with Gasteiger partial charge in [0.25, 0.3) is 0 Å². The molecule has 0 aromatic carbocycles. The molecule has 0 unspecified atom stereocenters. The van der Waals surface area contributed by atoms with Crippen LogP contribution in [0, 0.1) is 0 Å². The fraction of sp³-hybridized carbons (Fsp3) is 0.188. The van der Waals surface area contributed by atoms with Gasteiger partial charge in [0.05, 0.1) is 6.20 Å². The first-order valence-corrected chi connectivity index (χ1v) is 7.16. The number of aromatic nitrogens is 3. The molecule has 1 amide bonds. The number of carbonyl (C=O) groups excluding carboxylic acids is 1. The maximum atomic E-state index is 12.0. The zero-order valence-electron chi connectivity index (χ0n) is 12.9. The molecule has 5 nitrogen and oxygen atoms in total. The van der Waals surface area contributed by atoms with Gasteiger partial charge in [-0.2, -0.15) is 0 Å². The highest BCUT2D eigenvalue weighted by atomic mass is 16.1. The molecule has 22 heavy (non-hydrogen) atoms. The number of fused-ring (bicyclic) bond motifs is 1. The predicted octanol–water partition coefficient (Wildman–Crippen LogP) is 2.23. The quantitative estimate of drug-likeness (QED) is 0.656. The average Bonchev–Trinajstić information content (AvgIpc) is 2.86. The standard InChI is InChI=1S/C16H19BN4O/c1-3-5-12(6-4-2)7-8-15(22)20-14-11-18-16-13(19-14)9-10-21(16)17/h3-6,9-11H,1,7-8,17H2,2H3,(H,19,20,22)/b6-4-,12-5+. The van der Waals surface area contributed by atoms with Gasteiger partial charge in [0, 0.05) is 6.42 Å². The van der Waals surface area contributed by atoms with Gasteiger partial charge in [0.2, 0.25) is 13.9 Å². The van der Waals surface area contributed by atoms with Crippen molar-refractivity contribution in [1.82, 2.24) is 14.4 Å². The first kappa shape index (κ1) is 15.8. The summed E-state index contributed by atoms with van der Waals surface area (Å²) in [6.45, 7) is 5.62. The number of hydrogen-bond acceptors (Lipinski definition) is 3. The maximum Gasteiger partial charge on any atom is 0.225 e. The zero-order chi connectivity index (χ0) is 15.9. The molecule has 2 aromatic heterocycles. The molecule has 0 radical (unpaired) electrons. The number of rotatable bonds is 6. The van der Waals surface area contributed by atoms with Gasteiger partial charge >= 0.3 is 0 Å². The second-order valence-corrected chi connectivity index (χ2v) is 4.92. The van der Waals surface area contributed by atoms with E-state index in [1.165, 1.54) is 0 Å². The highest BCUT2D eigenvalue weighted by Crippen LogP contribution is 2.13. The van der Waals surface area contributed by atoms with Crippen LogP contribution in [-0.4, -0.2) is 28.3 Å². The Morgan fingerprint density at radius 2 is 2.32 bits per heavy atom. The normalized spacial score (nSPS) is 12.0. The Kier molecular flexibility index (Phi) is 5.30.